The van der Waals surface area contributed by atoms with Crippen molar-refractivity contribution in [3.63, 3.8) is 0 Å². The van der Waals surface area contributed by atoms with Crippen LogP contribution in [0.3, 0.4) is 0 Å². The Morgan fingerprint density at radius 2 is 2.11 bits per heavy atom. The van der Waals surface area contributed by atoms with Crippen LogP contribution in [0.15, 0.2) is 0 Å². The van der Waals surface area contributed by atoms with E-state index in [0.29, 0.717) is 12.3 Å². The SMILES string of the molecule is COC(=O)CCc1sc(C2CCCCC2)nc1C. The normalized spacial score (nSPS) is 16.8. The van der Waals surface area contributed by atoms with Crippen LogP contribution in [0, 0.1) is 6.92 Å². The fourth-order valence-corrected chi connectivity index (χ4v) is 3.76. The topological polar surface area (TPSA) is 39.2 Å². The Hall–Kier alpha value is -0.900. The number of ether oxygens (including phenoxy) is 1. The molecule has 1 aliphatic rings. The summed E-state index contributed by atoms with van der Waals surface area (Å²) in [6.45, 7) is 2.05. The fraction of sp³-hybridized carbons (Fsp3) is 0.714. The second-order valence-corrected chi connectivity index (χ2v) is 6.09. The first-order chi connectivity index (χ1) is 8.70. The quantitative estimate of drug-likeness (QED) is 0.782. The van der Waals surface area contributed by atoms with E-state index in [0.717, 1.165) is 12.1 Å². The average Bonchev–Trinajstić information content (AvgIpc) is 2.78. The van der Waals surface area contributed by atoms with Crippen LogP contribution in [0.25, 0.3) is 0 Å². The number of esters is 1. The highest BCUT2D eigenvalue weighted by Gasteiger charge is 2.20. The summed E-state index contributed by atoms with van der Waals surface area (Å²) in [7, 11) is 1.44. The third-order valence-corrected chi connectivity index (χ3v) is 5.03. The van der Waals surface area contributed by atoms with Gasteiger partial charge >= 0.3 is 5.97 Å². The lowest BCUT2D eigenvalue weighted by Gasteiger charge is -2.18. The minimum atomic E-state index is -0.137. The fourth-order valence-electron chi connectivity index (χ4n) is 2.52. The molecule has 1 aliphatic carbocycles. The Morgan fingerprint density at radius 3 is 2.78 bits per heavy atom. The summed E-state index contributed by atoms with van der Waals surface area (Å²) in [6, 6.07) is 0. The molecule has 0 saturated heterocycles. The van der Waals surface area contributed by atoms with E-state index in [4.69, 9.17) is 4.98 Å². The molecular weight excluding hydrogens is 246 g/mol. The lowest BCUT2D eigenvalue weighted by Crippen LogP contribution is -2.03. The van der Waals surface area contributed by atoms with Gasteiger partial charge in [0.05, 0.1) is 24.2 Å². The Kier molecular flexibility index (Phi) is 4.75. The standard InChI is InChI=1S/C14H21NO2S/c1-10-12(8-9-13(16)17-2)18-14(15-10)11-6-4-3-5-7-11/h11H,3-9H2,1-2H3. The van der Waals surface area contributed by atoms with Crippen molar-refractivity contribution in [2.24, 2.45) is 0 Å². The third-order valence-electron chi connectivity index (χ3n) is 3.65. The zero-order valence-electron chi connectivity index (χ0n) is 11.2. The molecule has 0 unspecified atom stereocenters. The second kappa shape index (κ2) is 6.32. The first-order valence-electron chi connectivity index (χ1n) is 6.73. The molecule has 0 atom stereocenters. The van der Waals surface area contributed by atoms with E-state index in [-0.39, 0.29) is 5.97 Å². The molecule has 0 aromatic carbocycles. The number of hydrogen-bond donors (Lipinski definition) is 0. The Bertz CT molecular complexity index is 408. The van der Waals surface area contributed by atoms with E-state index < -0.39 is 0 Å². The number of carbonyl (C=O) groups excluding carboxylic acids is 1. The monoisotopic (exact) mass is 267 g/mol. The molecule has 1 fully saturated rings. The molecule has 0 aliphatic heterocycles. The molecule has 1 aromatic heterocycles. The molecule has 0 radical (unpaired) electrons. The molecule has 2 rings (SSSR count). The summed E-state index contributed by atoms with van der Waals surface area (Å²) in [5.74, 6) is 0.524. The maximum atomic E-state index is 11.2. The highest BCUT2D eigenvalue weighted by Crippen LogP contribution is 2.36. The maximum Gasteiger partial charge on any atom is 0.305 e. The molecule has 0 bridgehead atoms. The highest BCUT2D eigenvalue weighted by atomic mass is 32.1. The van der Waals surface area contributed by atoms with Crippen LogP contribution in [-0.2, 0) is 16.0 Å². The van der Waals surface area contributed by atoms with E-state index in [9.17, 15) is 4.79 Å². The van der Waals surface area contributed by atoms with Crippen LogP contribution in [-0.4, -0.2) is 18.1 Å². The number of aromatic nitrogens is 1. The zero-order chi connectivity index (χ0) is 13.0. The molecule has 3 nitrogen and oxygen atoms in total. The summed E-state index contributed by atoms with van der Waals surface area (Å²) in [5, 5.41) is 1.28. The molecule has 1 heterocycles. The summed E-state index contributed by atoms with van der Waals surface area (Å²) in [6.07, 6.45) is 7.83. The maximum absolute atomic E-state index is 11.2. The van der Waals surface area contributed by atoms with Crippen LogP contribution >= 0.6 is 11.3 Å². The van der Waals surface area contributed by atoms with Gasteiger partial charge in [-0.1, -0.05) is 19.3 Å². The van der Waals surface area contributed by atoms with Crippen molar-refractivity contribution >= 4 is 17.3 Å². The van der Waals surface area contributed by atoms with Gasteiger partial charge in [-0.2, -0.15) is 0 Å². The minimum Gasteiger partial charge on any atom is -0.469 e. The van der Waals surface area contributed by atoms with Gasteiger partial charge in [0.2, 0.25) is 0 Å². The molecule has 1 aromatic rings. The first kappa shape index (κ1) is 13.5. The third kappa shape index (κ3) is 3.31. The Morgan fingerprint density at radius 1 is 1.39 bits per heavy atom. The van der Waals surface area contributed by atoms with Crippen molar-refractivity contribution in [2.45, 2.75) is 57.8 Å². The molecule has 0 spiro atoms. The van der Waals surface area contributed by atoms with Gasteiger partial charge in [-0.05, 0) is 26.2 Å². The summed E-state index contributed by atoms with van der Waals surface area (Å²) in [4.78, 5) is 17.1. The van der Waals surface area contributed by atoms with Crippen molar-refractivity contribution < 1.29 is 9.53 Å². The largest absolute Gasteiger partial charge is 0.469 e. The summed E-state index contributed by atoms with van der Waals surface area (Å²) < 4.78 is 4.68. The predicted octanol–water partition coefficient (Wildman–Crippen LogP) is 3.60. The molecule has 4 heteroatoms. The van der Waals surface area contributed by atoms with Crippen molar-refractivity contribution in [1.82, 2.24) is 4.98 Å². The van der Waals surface area contributed by atoms with E-state index in [1.54, 1.807) is 11.3 Å². The van der Waals surface area contributed by atoms with Gasteiger partial charge in [-0.3, -0.25) is 4.79 Å². The first-order valence-corrected chi connectivity index (χ1v) is 7.55. The van der Waals surface area contributed by atoms with Gasteiger partial charge in [-0.15, -0.1) is 11.3 Å². The summed E-state index contributed by atoms with van der Waals surface area (Å²) >= 11 is 1.80. The second-order valence-electron chi connectivity index (χ2n) is 4.97. The van der Waals surface area contributed by atoms with Crippen molar-refractivity contribution in [3.8, 4) is 0 Å². The lowest BCUT2D eigenvalue weighted by atomic mass is 9.90. The minimum absolute atomic E-state index is 0.137. The van der Waals surface area contributed by atoms with E-state index in [2.05, 4.69) is 11.7 Å². The number of thiazole rings is 1. The lowest BCUT2D eigenvalue weighted by molar-refractivity contribution is -0.140. The number of methoxy groups -OCH3 is 1. The Balaban J connectivity index is 1.99. The van der Waals surface area contributed by atoms with Gasteiger partial charge in [-0.25, -0.2) is 4.98 Å². The van der Waals surface area contributed by atoms with Crippen molar-refractivity contribution in [1.29, 1.82) is 0 Å². The molecule has 0 amide bonds. The van der Waals surface area contributed by atoms with Crippen LogP contribution in [0.4, 0.5) is 0 Å². The van der Waals surface area contributed by atoms with Gasteiger partial charge < -0.3 is 4.74 Å². The van der Waals surface area contributed by atoms with Gasteiger partial charge in [0, 0.05) is 10.8 Å². The van der Waals surface area contributed by atoms with E-state index in [1.807, 2.05) is 0 Å². The molecule has 0 N–H and O–H groups in total. The highest BCUT2D eigenvalue weighted by molar-refractivity contribution is 7.11. The number of carbonyl (C=O) groups is 1. The number of rotatable bonds is 4. The predicted molar refractivity (Wildman–Crippen MR) is 73.0 cm³/mol. The number of aryl methyl sites for hydroxylation is 2. The zero-order valence-corrected chi connectivity index (χ0v) is 12.0. The van der Waals surface area contributed by atoms with Crippen LogP contribution < -0.4 is 0 Å². The van der Waals surface area contributed by atoms with Crippen LogP contribution in [0.2, 0.25) is 0 Å². The van der Waals surface area contributed by atoms with E-state index in [1.165, 1.54) is 49.1 Å². The van der Waals surface area contributed by atoms with Gasteiger partial charge in [0.25, 0.3) is 0 Å². The molecule has 18 heavy (non-hydrogen) atoms. The smallest absolute Gasteiger partial charge is 0.305 e. The van der Waals surface area contributed by atoms with Crippen LogP contribution in [0.5, 0.6) is 0 Å². The molecule has 100 valence electrons. The van der Waals surface area contributed by atoms with Crippen molar-refractivity contribution in [2.75, 3.05) is 7.11 Å². The molecule has 1 saturated carbocycles. The molecular formula is C14H21NO2S. The average molecular weight is 267 g/mol. The Labute approximate surface area is 113 Å². The summed E-state index contributed by atoms with van der Waals surface area (Å²) in [5.41, 5.74) is 1.10. The number of nitrogens with zero attached hydrogens (tertiary/aromatic N) is 1. The van der Waals surface area contributed by atoms with Gasteiger partial charge in [0.15, 0.2) is 0 Å². The van der Waals surface area contributed by atoms with Crippen LogP contribution in [0.1, 0.15) is 60.0 Å². The van der Waals surface area contributed by atoms with Crippen molar-refractivity contribution in [3.05, 3.63) is 15.6 Å². The van der Waals surface area contributed by atoms with E-state index >= 15 is 0 Å². The number of hydrogen-bond acceptors (Lipinski definition) is 4. The van der Waals surface area contributed by atoms with Gasteiger partial charge in [0.1, 0.15) is 0 Å².